The largest absolute Gasteiger partial charge is 0.478 e. The van der Waals surface area contributed by atoms with Gasteiger partial charge in [0.25, 0.3) is 0 Å². The number of carbonyl (C=O) groups is 1. The first-order chi connectivity index (χ1) is 9.20. The lowest BCUT2D eigenvalue weighted by atomic mass is 10.0. The van der Waals surface area contributed by atoms with Crippen LogP contribution < -0.4 is 0 Å². The van der Waals surface area contributed by atoms with Crippen molar-refractivity contribution >= 4 is 11.8 Å². The molecule has 0 radical (unpaired) electrons. The number of rotatable bonds is 3. The molecule has 2 heterocycles. The number of hydrogen-bond donors (Lipinski definition) is 1. The van der Waals surface area contributed by atoms with Gasteiger partial charge in [0.2, 0.25) is 5.84 Å². The number of hydrogen-bond acceptors (Lipinski definition) is 3. The number of quaternary nitrogens is 1. The molecule has 2 rings (SSSR count). The number of carboxylic acids is 1. The zero-order valence-electron chi connectivity index (χ0n) is 13.1. The van der Waals surface area contributed by atoms with E-state index in [0.717, 1.165) is 11.3 Å². The van der Waals surface area contributed by atoms with E-state index in [1.54, 1.807) is 0 Å². The summed E-state index contributed by atoms with van der Waals surface area (Å²) >= 11 is 0. The number of nitrogens with zero attached hydrogens (tertiary/aromatic N) is 3. The SMILES string of the molecule is CC1=CC(C)=C(C(=O)O)C2=N[N+](C(C)C)(C(C)C)CN12. The number of fused-ring (bicyclic) bond motifs is 1. The highest BCUT2D eigenvalue weighted by Gasteiger charge is 2.48. The molecule has 5 heteroatoms. The molecule has 2 aliphatic heterocycles. The fourth-order valence-electron chi connectivity index (χ4n) is 3.08. The molecule has 0 saturated heterocycles. The van der Waals surface area contributed by atoms with Crippen molar-refractivity contribution in [3.8, 4) is 0 Å². The molecular formula is C15H24N3O2+. The van der Waals surface area contributed by atoms with Crippen molar-refractivity contribution in [2.45, 2.75) is 53.6 Å². The van der Waals surface area contributed by atoms with E-state index in [9.17, 15) is 9.90 Å². The molecular weight excluding hydrogens is 254 g/mol. The van der Waals surface area contributed by atoms with Crippen molar-refractivity contribution in [2.75, 3.05) is 6.67 Å². The Kier molecular flexibility index (Phi) is 3.50. The van der Waals surface area contributed by atoms with Gasteiger partial charge in [0.05, 0.1) is 0 Å². The summed E-state index contributed by atoms with van der Waals surface area (Å²) in [7, 11) is 0. The predicted octanol–water partition coefficient (Wildman–Crippen LogP) is 2.53. The van der Waals surface area contributed by atoms with Crippen LogP contribution >= 0.6 is 0 Å². The Morgan fingerprint density at radius 2 is 1.85 bits per heavy atom. The monoisotopic (exact) mass is 278 g/mol. The average Bonchev–Trinajstić information content (AvgIpc) is 2.70. The van der Waals surface area contributed by atoms with Crippen LogP contribution in [-0.2, 0) is 4.79 Å². The number of amidine groups is 1. The van der Waals surface area contributed by atoms with Gasteiger partial charge in [-0.3, -0.25) is 4.90 Å². The van der Waals surface area contributed by atoms with Gasteiger partial charge in [-0.15, -0.1) is 0 Å². The fourth-order valence-corrected chi connectivity index (χ4v) is 3.08. The van der Waals surface area contributed by atoms with Crippen molar-refractivity contribution in [1.82, 2.24) is 4.90 Å². The summed E-state index contributed by atoms with van der Waals surface area (Å²) in [6.45, 7) is 13.1. The molecule has 110 valence electrons. The molecule has 0 aromatic heterocycles. The molecule has 2 aliphatic rings. The standard InChI is InChI=1S/C15H23N3O2/c1-9(2)18(10(3)4)8-17-12(6)7-11(5)13(15(19)20)14(17)16-18/h7,9-10H,8H2,1-6H3/p+1. The molecule has 0 fully saturated rings. The van der Waals surface area contributed by atoms with Crippen LogP contribution in [-0.4, -0.2) is 45.2 Å². The average molecular weight is 278 g/mol. The number of allylic oxidation sites excluding steroid dienone is 3. The van der Waals surface area contributed by atoms with Gasteiger partial charge in [0.15, 0.2) is 6.67 Å². The molecule has 0 unspecified atom stereocenters. The second-order valence-electron chi connectivity index (χ2n) is 6.22. The Balaban J connectivity index is 2.61. The van der Waals surface area contributed by atoms with Gasteiger partial charge in [-0.25, -0.2) is 4.79 Å². The summed E-state index contributed by atoms with van der Waals surface area (Å²) in [6, 6.07) is 0.604. The van der Waals surface area contributed by atoms with E-state index in [0.29, 0.717) is 34.8 Å². The van der Waals surface area contributed by atoms with E-state index in [-0.39, 0.29) is 0 Å². The van der Waals surface area contributed by atoms with E-state index >= 15 is 0 Å². The van der Waals surface area contributed by atoms with Gasteiger partial charge < -0.3 is 5.11 Å². The van der Waals surface area contributed by atoms with Crippen molar-refractivity contribution in [1.29, 1.82) is 0 Å². The third-order valence-corrected chi connectivity index (χ3v) is 4.38. The quantitative estimate of drug-likeness (QED) is 0.807. The van der Waals surface area contributed by atoms with Gasteiger partial charge >= 0.3 is 5.97 Å². The predicted molar refractivity (Wildman–Crippen MR) is 78.8 cm³/mol. The highest BCUT2D eigenvalue weighted by Crippen LogP contribution is 2.34. The van der Waals surface area contributed by atoms with Gasteiger partial charge in [-0.05, 0) is 53.2 Å². The minimum absolute atomic E-state index is 0.302. The minimum atomic E-state index is -0.900. The Hall–Kier alpha value is -1.62. The Bertz CT molecular complexity index is 533. The molecule has 0 spiro atoms. The topological polar surface area (TPSA) is 52.9 Å². The van der Waals surface area contributed by atoms with Gasteiger partial charge in [0, 0.05) is 5.70 Å². The van der Waals surface area contributed by atoms with Crippen LogP contribution in [0.4, 0.5) is 0 Å². The first kappa shape index (κ1) is 14.8. The summed E-state index contributed by atoms with van der Waals surface area (Å²) in [5.74, 6) is -0.292. The van der Waals surface area contributed by atoms with E-state index < -0.39 is 5.97 Å². The highest BCUT2D eigenvalue weighted by molar-refractivity contribution is 6.20. The molecule has 1 N–H and O–H groups in total. The maximum absolute atomic E-state index is 11.6. The van der Waals surface area contributed by atoms with Crippen molar-refractivity contribution < 1.29 is 14.5 Å². The Labute approximate surface area is 120 Å². The molecule has 20 heavy (non-hydrogen) atoms. The highest BCUT2D eigenvalue weighted by atomic mass is 16.4. The maximum atomic E-state index is 11.6. The summed E-state index contributed by atoms with van der Waals surface area (Å²) in [4.78, 5) is 13.6. The van der Waals surface area contributed by atoms with E-state index in [2.05, 4.69) is 27.7 Å². The van der Waals surface area contributed by atoms with E-state index in [4.69, 9.17) is 5.10 Å². The molecule has 0 saturated carbocycles. The van der Waals surface area contributed by atoms with Crippen molar-refractivity contribution in [3.63, 3.8) is 0 Å². The molecule has 0 amide bonds. The van der Waals surface area contributed by atoms with Crippen LogP contribution in [0.3, 0.4) is 0 Å². The van der Waals surface area contributed by atoms with Crippen LogP contribution in [0.2, 0.25) is 0 Å². The summed E-state index contributed by atoms with van der Waals surface area (Å²) in [5, 5.41) is 14.3. The molecule has 0 atom stereocenters. The smallest absolute Gasteiger partial charge is 0.339 e. The van der Waals surface area contributed by atoms with Gasteiger partial charge in [-0.2, -0.15) is 4.59 Å². The molecule has 0 bridgehead atoms. The Morgan fingerprint density at radius 3 is 2.30 bits per heavy atom. The fraction of sp³-hybridized carbons (Fsp3) is 0.600. The first-order valence-corrected chi connectivity index (χ1v) is 7.08. The second-order valence-corrected chi connectivity index (χ2v) is 6.22. The third kappa shape index (κ3) is 1.97. The summed E-state index contributed by atoms with van der Waals surface area (Å²) in [5.41, 5.74) is 2.17. The van der Waals surface area contributed by atoms with Crippen LogP contribution in [0.5, 0.6) is 0 Å². The molecule has 0 aromatic carbocycles. The van der Waals surface area contributed by atoms with Crippen LogP contribution in [0, 0.1) is 0 Å². The van der Waals surface area contributed by atoms with E-state index in [1.165, 1.54) is 0 Å². The van der Waals surface area contributed by atoms with Crippen molar-refractivity contribution in [3.05, 3.63) is 22.9 Å². The molecule has 0 aromatic rings. The summed E-state index contributed by atoms with van der Waals surface area (Å²) < 4.78 is 0.546. The normalized spacial score (nSPS) is 21.3. The van der Waals surface area contributed by atoms with Crippen molar-refractivity contribution in [2.24, 2.45) is 5.10 Å². The van der Waals surface area contributed by atoms with Crippen LogP contribution in [0.15, 0.2) is 28.0 Å². The number of aliphatic carboxylic acids is 1. The maximum Gasteiger partial charge on any atom is 0.339 e. The van der Waals surface area contributed by atoms with E-state index in [1.807, 2.05) is 24.8 Å². The second kappa shape index (κ2) is 4.74. The molecule has 0 aliphatic carbocycles. The zero-order chi connectivity index (χ0) is 15.2. The van der Waals surface area contributed by atoms with Gasteiger partial charge in [0.1, 0.15) is 17.7 Å². The van der Waals surface area contributed by atoms with Gasteiger partial charge in [-0.1, -0.05) is 5.10 Å². The lowest BCUT2D eigenvalue weighted by Gasteiger charge is -2.37. The molecule has 5 nitrogen and oxygen atoms in total. The Morgan fingerprint density at radius 1 is 1.30 bits per heavy atom. The third-order valence-electron chi connectivity index (χ3n) is 4.38. The minimum Gasteiger partial charge on any atom is -0.478 e. The van der Waals surface area contributed by atoms with Crippen LogP contribution in [0.25, 0.3) is 0 Å². The number of carboxylic acid groups (broad SMARTS) is 1. The lowest BCUT2D eigenvalue weighted by molar-refractivity contribution is -0.973. The van der Waals surface area contributed by atoms with Crippen LogP contribution in [0.1, 0.15) is 41.5 Å². The lowest BCUT2D eigenvalue weighted by Crippen LogP contribution is -2.54. The first-order valence-electron chi connectivity index (χ1n) is 7.08. The zero-order valence-corrected chi connectivity index (χ0v) is 13.1. The summed E-state index contributed by atoms with van der Waals surface area (Å²) in [6.07, 6.45) is 1.93.